The van der Waals surface area contributed by atoms with E-state index < -0.39 is 0 Å². The van der Waals surface area contributed by atoms with Crippen molar-refractivity contribution >= 4 is 27.9 Å². The fourth-order valence-corrected chi connectivity index (χ4v) is 3.36. The third-order valence-corrected chi connectivity index (χ3v) is 4.72. The molecule has 120 valence electrons. The van der Waals surface area contributed by atoms with Gasteiger partial charge >= 0.3 is 0 Å². The molecule has 6 heteroatoms. The molecule has 0 saturated heterocycles. The van der Waals surface area contributed by atoms with E-state index in [9.17, 15) is 5.26 Å². The molecule has 1 N–H and O–H groups in total. The zero-order chi connectivity index (χ0) is 17.1. The average Bonchev–Trinajstić information content (AvgIpc) is 3.15. The molecule has 0 bridgehead atoms. The minimum Gasteiger partial charge on any atom is -0.378 e. The van der Waals surface area contributed by atoms with Crippen molar-refractivity contribution in [1.29, 1.82) is 5.26 Å². The van der Waals surface area contributed by atoms with Gasteiger partial charge in [-0.2, -0.15) is 5.26 Å². The number of rotatable bonds is 4. The first kappa shape index (κ1) is 15.2. The number of hydrogen-bond donors (Lipinski definition) is 1. The van der Waals surface area contributed by atoms with E-state index in [4.69, 9.17) is 0 Å². The van der Waals surface area contributed by atoms with Crippen molar-refractivity contribution in [3.05, 3.63) is 71.4 Å². The van der Waals surface area contributed by atoms with Gasteiger partial charge < -0.3 is 5.32 Å². The van der Waals surface area contributed by atoms with Crippen LogP contribution >= 0.6 is 11.3 Å². The number of nitrogens with zero attached hydrogens (tertiary/aromatic N) is 4. The first-order chi connectivity index (χ1) is 12.3. The van der Waals surface area contributed by atoms with E-state index in [0.29, 0.717) is 12.2 Å². The molecule has 4 aromatic rings. The summed E-state index contributed by atoms with van der Waals surface area (Å²) in [7, 11) is 0. The normalized spacial score (nSPS) is 10.5. The quantitative estimate of drug-likeness (QED) is 0.600. The van der Waals surface area contributed by atoms with E-state index in [-0.39, 0.29) is 0 Å². The van der Waals surface area contributed by atoms with Gasteiger partial charge in [-0.1, -0.05) is 59.9 Å². The van der Waals surface area contributed by atoms with Gasteiger partial charge in [-0.3, -0.25) is 0 Å². The molecule has 0 aliphatic heterocycles. The van der Waals surface area contributed by atoms with Crippen LogP contribution in [0.3, 0.4) is 0 Å². The number of anilines is 1. The standard InChI is InChI=1S/C19H13N5S/c20-11-14-10-17(15-8-4-5-9-16(15)22-14)21-12-18-23-24-19(25-18)13-6-2-1-3-7-13/h1-10H,12H2,(H,21,22). The van der Waals surface area contributed by atoms with Crippen LogP contribution in [0.2, 0.25) is 0 Å². The third-order valence-electron chi connectivity index (χ3n) is 3.75. The Bertz CT molecular complexity index is 1070. The molecule has 2 heterocycles. The molecule has 0 spiro atoms. The van der Waals surface area contributed by atoms with Crippen LogP contribution in [0, 0.1) is 11.3 Å². The Morgan fingerprint density at radius 3 is 2.64 bits per heavy atom. The lowest BCUT2D eigenvalue weighted by molar-refractivity contribution is 0.993. The van der Waals surface area contributed by atoms with Gasteiger partial charge in [0.2, 0.25) is 0 Å². The topological polar surface area (TPSA) is 74.5 Å². The summed E-state index contributed by atoms with van der Waals surface area (Å²) in [6, 6.07) is 21.6. The highest BCUT2D eigenvalue weighted by Crippen LogP contribution is 2.26. The van der Waals surface area contributed by atoms with Crippen molar-refractivity contribution in [2.45, 2.75) is 6.54 Å². The molecule has 4 rings (SSSR count). The maximum atomic E-state index is 9.18. The molecule has 0 aliphatic carbocycles. The Balaban J connectivity index is 1.59. The number of pyridine rings is 1. The van der Waals surface area contributed by atoms with Crippen molar-refractivity contribution in [2.24, 2.45) is 0 Å². The van der Waals surface area contributed by atoms with Crippen LogP contribution < -0.4 is 5.32 Å². The Hall–Kier alpha value is -3.30. The van der Waals surface area contributed by atoms with Crippen molar-refractivity contribution in [1.82, 2.24) is 15.2 Å². The lowest BCUT2D eigenvalue weighted by Crippen LogP contribution is -2.01. The lowest BCUT2D eigenvalue weighted by Gasteiger charge is -2.08. The molecule has 0 atom stereocenters. The third kappa shape index (κ3) is 3.18. The van der Waals surface area contributed by atoms with E-state index in [1.807, 2.05) is 54.6 Å². The second-order valence-corrected chi connectivity index (χ2v) is 6.47. The highest BCUT2D eigenvalue weighted by molar-refractivity contribution is 7.14. The van der Waals surface area contributed by atoms with Gasteiger partial charge in [-0.25, -0.2) is 4.98 Å². The van der Waals surface area contributed by atoms with Gasteiger partial charge in [0.1, 0.15) is 21.8 Å². The first-order valence-electron chi connectivity index (χ1n) is 7.75. The van der Waals surface area contributed by atoms with Crippen LogP contribution in [0.15, 0.2) is 60.7 Å². The highest BCUT2D eigenvalue weighted by atomic mass is 32.1. The molecule has 0 unspecified atom stereocenters. The average molecular weight is 343 g/mol. The summed E-state index contributed by atoms with van der Waals surface area (Å²) in [5.74, 6) is 0. The Morgan fingerprint density at radius 1 is 1.00 bits per heavy atom. The molecular formula is C19H13N5S. The molecule has 2 aromatic carbocycles. The Kier molecular flexibility index (Phi) is 4.07. The van der Waals surface area contributed by atoms with Crippen molar-refractivity contribution < 1.29 is 0 Å². The summed E-state index contributed by atoms with van der Waals surface area (Å²) in [6.45, 7) is 0.545. The minimum absolute atomic E-state index is 0.392. The van der Waals surface area contributed by atoms with E-state index in [1.54, 1.807) is 17.4 Å². The zero-order valence-electron chi connectivity index (χ0n) is 13.2. The number of para-hydroxylation sites is 1. The smallest absolute Gasteiger partial charge is 0.147 e. The van der Waals surface area contributed by atoms with E-state index in [2.05, 4.69) is 26.6 Å². The predicted molar refractivity (Wildman–Crippen MR) is 99.1 cm³/mol. The summed E-state index contributed by atoms with van der Waals surface area (Å²) < 4.78 is 0. The number of aromatic nitrogens is 3. The molecule has 2 aromatic heterocycles. The number of benzene rings is 2. The second kappa shape index (κ2) is 6.67. The van der Waals surface area contributed by atoms with Gasteiger partial charge in [-0.05, 0) is 12.1 Å². The number of fused-ring (bicyclic) bond motifs is 1. The van der Waals surface area contributed by atoms with Crippen LogP contribution in [0.4, 0.5) is 5.69 Å². The van der Waals surface area contributed by atoms with E-state index in [1.165, 1.54) is 0 Å². The Morgan fingerprint density at radius 2 is 1.80 bits per heavy atom. The van der Waals surface area contributed by atoms with Crippen LogP contribution in [-0.2, 0) is 6.54 Å². The van der Waals surface area contributed by atoms with E-state index >= 15 is 0 Å². The van der Waals surface area contributed by atoms with E-state index in [0.717, 1.165) is 32.2 Å². The zero-order valence-corrected chi connectivity index (χ0v) is 14.0. The molecule has 0 aliphatic rings. The molecule has 0 amide bonds. The molecule has 0 fully saturated rings. The van der Waals surface area contributed by atoms with Gasteiger partial charge in [0, 0.05) is 16.6 Å². The van der Waals surface area contributed by atoms with Crippen LogP contribution in [-0.4, -0.2) is 15.2 Å². The fraction of sp³-hybridized carbons (Fsp3) is 0.0526. The highest BCUT2D eigenvalue weighted by Gasteiger charge is 2.09. The van der Waals surface area contributed by atoms with Crippen molar-refractivity contribution in [2.75, 3.05) is 5.32 Å². The van der Waals surface area contributed by atoms with Crippen molar-refractivity contribution in [3.8, 4) is 16.6 Å². The SMILES string of the molecule is N#Cc1cc(NCc2nnc(-c3ccccc3)s2)c2ccccc2n1. The molecule has 0 radical (unpaired) electrons. The number of nitriles is 1. The van der Waals surface area contributed by atoms with Gasteiger partial charge in [0.25, 0.3) is 0 Å². The number of nitrogens with one attached hydrogen (secondary N) is 1. The van der Waals surface area contributed by atoms with Gasteiger partial charge in [0.15, 0.2) is 0 Å². The van der Waals surface area contributed by atoms with Gasteiger partial charge in [0.05, 0.1) is 12.1 Å². The summed E-state index contributed by atoms with van der Waals surface area (Å²) >= 11 is 1.56. The minimum atomic E-state index is 0.392. The van der Waals surface area contributed by atoms with Gasteiger partial charge in [-0.15, -0.1) is 10.2 Å². The largest absolute Gasteiger partial charge is 0.378 e. The molecule has 0 saturated carbocycles. The molecule has 5 nitrogen and oxygen atoms in total. The summed E-state index contributed by atoms with van der Waals surface area (Å²) in [5, 5.41) is 23.8. The lowest BCUT2D eigenvalue weighted by atomic mass is 10.1. The monoisotopic (exact) mass is 343 g/mol. The first-order valence-corrected chi connectivity index (χ1v) is 8.57. The summed E-state index contributed by atoms with van der Waals surface area (Å²) in [5.41, 5.74) is 3.13. The van der Waals surface area contributed by atoms with Crippen LogP contribution in [0.1, 0.15) is 10.7 Å². The second-order valence-electron chi connectivity index (χ2n) is 5.40. The fourth-order valence-electron chi connectivity index (χ4n) is 2.57. The van der Waals surface area contributed by atoms with Crippen molar-refractivity contribution in [3.63, 3.8) is 0 Å². The van der Waals surface area contributed by atoms with Crippen LogP contribution in [0.5, 0.6) is 0 Å². The molecular weight excluding hydrogens is 330 g/mol. The predicted octanol–water partition coefficient (Wildman–Crippen LogP) is 4.24. The molecule has 25 heavy (non-hydrogen) atoms. The Labute approximate surface area is 148 Å². The summed E-state index contributed by atoms with van der Waals surface area (Å²) in [4.78, 5) is 4.33. The number of hydrogen-bond acceptors (Lipinski definition) is 6. The summed E-state index contributed by atoms with van der Waals surface area (Å²) in [6.07, 6.45) is 0. The van der Waals surface area contributed by atoms with Crippen LogP contribution in [0.25, 0.3) is 21.5 Å². The maximum absolute atomic E-state index is 9.18. The maximum Gasteiger partial charge on any atom is 0.147 e.